The van der Waals surface area contributed by atoms with Crippen molar-refractivity contribution in [3.05, 3.63) is 81.5 Å². The van der Waals surface area contributed by atoms with Crippen LogP contribution in [0.3, 0.4) is 0 Å². The summed E-state index contributed by atoms with van der Waals surface area (Å²) in [5.41, 5.74) is 2.80. The quantitative estimate of drug-likeness (QED) is 0.348. The van der Waals surface area contributed by atoms with Gasteiger partial charge in [-0.3, -0.25) is 9.59 Å². The molecule has 0 bridgehead atoms. The number of nitrogens with one attached hydrogen (secondary N) is 2. The molecule has 6 nitrogen and oxygen atoms in total. The molecule has 2 amide bonds. The van der Waals surface area contributed by atoms with E-state index >= 15 is 0 Å². The fraction of sp³-hybridized carbons (Fsp3) is 0.125. The van der Waals surface area contributed by atoms with Gasteiger partial charge in [-0.05, 0) is 67.8 Å². The molecule has 0 aliphatic heterocycles. The molecule has 0 saturated carbocycles. The van der Waals surface area contributed by atoms with E-state index in [-0.39, 0.29) is 11.8 Å². The predicted octanol–water partition coefficient (Wildman–Crippen LogP) is 6.08. The average molecular weight is 464 g/mol. The molecule has 4 aromatic rings. The molecule has 0 fully saturated rings. The van der Waals surface area contributed by atoms with Gasteiger partial charge in [0.15, 0.2) is 0 Å². The lowest BCUT2D eigenvalue weighted by Gasteiger charge is -2.08. The lowest BCUT2D eigenvalue weighted by molar-refractivity contribution is 0.102. The number of carbonyl (C=O) groups excluding carboxylic acids is 2. The molecule has 2 aromatic carbocycles. The van der Waals surface area contributed by atoms with Crippen LogP contribution < -0.4 is 15.4 Å². The number of benzene rings is 2. The van der Waals surface area contributed by atoms with Crippen molar-refractivity contribution in [1.82, 2.24) is 4.98 Å². The van der Waals surface area contributed by atoms with Crippen LogP contribution in [0.15, 0.2) is 66.0 Å². The number of carbonyl (C=O) groups is 2. The van der Waals surface area contributed by atoms with Gasteiger partial charge in [0.25, 0.3) is 11.8 Å². The second-order valence-electron chi connectivity index (χ2n) is 6.86. The molecular formula is C24H21N3O3S2. The first-order valence-corrected chi connectivity index (χ1v) is 11.7. The third-order valence-corrected chi connectivity index (χ3v) is 6.61. The van der Waals surface area contributed by atoms with E-state index in [2.05, 4.69) is 15.6 Å². The van der Waals surface area contributed by atoms with Gasteiger partial charge in [-0.1, -0.05) is 12.1 Å². The molecule has 0 aliphatic rings. The molecule has 2 aromatic heterocycles. The Bertz CT molecular complexity index is 1230. The van der Waals surface area contributed by atoms with Crippen LogP contribution in [0.25, 0.3) is 10.6 Å². The number of ether oxygens (including phenoxy) is 1. The smallest absolute Gasteiger partial charge is 0.267 e. The molecule has 8 heteroatoms. The Kier molecular flexibility index (Phi) is 6.63. The first-order chi connectivity index (χ1) is 15.5. The first-order valence-electron chi connectivity index (χ1n) is 10.0. The summed E-state index contributed by atoms with van der Waals surface area (Å²) in [5, 5.41) is 8.37. The predicted molar refractivity (Wildman–Crippen MR) is 130 cm³/mol. The van der Waals surface area contributed by atoms with Gasteiger partial charge in [0.2, 0.25) is 0 Å². The fourth-order valence-electron chi connectivity index (χ4n) is 3.05. The molecule has 4 rings (SSSR count). The highest BCUT2D eigenvalue weighted by molar-refractivity contribution is 7.17. The second kappa shape index (κ2) is 9.76. The van der Waals surface area contributed by atoms with E-state index in [9.17, 15) is 9.59 Å². The highest BCUT2D eigenvalue weighted by Gasteiger charge is 2.17. The Hall–Kier alpha value is -3.49. The number of thiophene rings is 1. The third-order valence-electron chi connectivity index (χ3n) is 4.54. The number of anilines is 2. The minimum absolute atomic E-state index is 0.179. The molecule has 0 aliphatic carbocycles. The summed E-state index contributed by atoms with van der Waals surface area (Å²) in [5.74, 6) is 0.384. The Labute approximate surface area is 193 Å². The maximum absolute atomic E-state index is 12.9. The zero-order chi connectivity index (χ0) is 22.5. The minimum atomic E-state index is -0.237. The Morgan fingerprint density at radius 1 is 0.969 bits per heavy atom. The number of thiazole rings is 1. The number of hydrogen-bond acceptors (Lipinski definition) is 6. The summed E-state index contributed by atoms with van der Waals surface area (Å²) in [4.78, 5) is 30.9. The zero-order valence-electron chi connectivity index (χ0n) is 17.5. The zero-order valence-corrected chi connectivity index (χ0v) is 19.2. The number of aryl methyl sites for hydroxylation is 1. The lowest BCUT2D eigenvalue weighted by atomic mass is 10.2. The van der Waals surface area contributed by atoms with Crippen LogP contribution in [-0.4, -0.2) is 23.4 Å². The maximum Gasteiger partial charge on any atom is 0.267 e. The second-order valence-corrected chi connectivity index (χ2v) is 8.80. The standard InChI is InChI=1S/C24H21N3O3S2/c1-3-30-19-11-9-16(10-12-19)24-25-15(2)21(32-24)23(29)27-18-7-4-6-17(14-18)26-22(28)20-8-5-13-31-20/h4-14H,3H2,1-2H3,(H,26,28)(H,27,29). The molecule has 162 valence electrons. The van der Waals surface area contributed by atoms with Crippen LogP contribution in [0.1, 0.15) is 32.0 Å². The number of aromatic nitrogens is 1. The van der Waals surface area contributed by atoms with E-state index in [1.807, 2.05) is 49.6 Å². The van der Waals surface area contributed by atoms with Crippen LogP contribution in [0.2, 0.25) is 0 Å². The molecule has 0 saturated heterocycles. The van der Waals surface area contributed by atoms with E-state index < -0.39 is 0 Å². The van der Waals surface area contributed by atoms with Gasteiger partial charge in [-0.15, -0.1) is 22.7 Å². The number of hydrogen-bond donors (Lipinski definition) is 2. The van der Waals surface area contributed by atoms with Crippen LogP contribution in [0.4, 0.5) is 11.4 Å². The van der Waals surface area contributed by atoms with Gasteiger partial charge in [-0.25, -0.2) is 4.98 Å². The van der Waals surface area contributed by atoms with Crippen LogP contribution >= 0.6 is 22.7 Å². The molecule has 0 atom stereocenters. The van der Waals surface area contributed by atoms with Crippen molar-refractivity contribution < 1.29 is 14.3 Å². The lowest BCUT2D eigenvalue weighted by Crippen LogP contribution is -2.13. The molecule has 0 radical (unpaired) electrons. The molecule has 2 N–H and O–H groups in total. The molecule has 0 unspecified atom stereocenters. The van der Waals surface area contributed by atoms with Crippen LogP contribution in [-0.2, 0) is 0 Å². The summed E-state index contributed by atoms with van der Waals surface area (Å²) in [7, 11) is 0. The highest BCUT2D eigenvalue weighted by Crippen LogP contribution is 2.30. The van der Waals surface area contributed by atoms with E-state index in [0.717, 1.165) is 16.3 Å². The van der Waals surface area contributed by atoms with Crippen molar-refractivity contribution in [2.45, 2.75) is 13.8 Å². The van der Waals surface area contributed by atoms with Gasteiger partial charge in [-0.2, -0.15) is 0 Å². The maximum atomic E-state index is 12.9. The van der Waals surface area contributed by atoms with E-state index in [1.54, 1.807) is 30.3 Å². The van der Waals surface area contributed by atoms with Crippen molar-refractivity contribution in [2.24, 2.45) is 0 Å². The van der Waals surface area contributed by atoms with E-state index in [1.165, 1.54) is 22.7 Å². The fourth-order valence-corrected chi connectivity index (χ4v) is 4.64. The van der Waals surface area contributed by atoms with Gasteiger partial charge in [0, 0.05) is 16.9 Å². The summed E-state index contributed by atoms with van der Waals surface area (Å²) in [6.07, 6.45) is 0. The number of rotatable bonds is 7. The van der Waals surface area contributed by atoms with Gasteiger partial charge < -0.3 is 15.4 Å². The van der Waals surface area contributed by atoms with Crippen molar-refractivity contribution >= 4 is 45.9 Å². The summed E-state index contributed by atoms with van der Waals surface area (Å²) in [6, 6.07) is 18.3. The normalized spacial score (nSPS) is 10.6. The Morgan fingerprint density at radius 2 is 1.69 bits per heavy atom. The van der Waals surface area contributed by atoms with Crippen molar-refractivity contribution in [2.75, 3.05) is 17.2 Å². The SMILES string of the molecule is CCOc1ccc(-c2nc(C)c(C(=O)Nc3cccc(NC(=O)c4cccs4)c3)s2)cc1. The molecule has 32 heavy (non-hydrogen) atoms. The number of nitrogens with zero attached hydrogens (tertiary/aromatic N) is 1. The Balaban J connectivity index is 1.46. The largest absolute Gasteiger partial charge is 0.494 e. The van der Waals surface area contributed by atoms with Gasteiger partial charge in [0.1, 0.15) is 15.6 Å². The van der Waals surface area contributed by atoms with E-state index in [0.29, 0.717) is 33.4 Å². The minimum Gasteiger partial charge on any atom is -0.494 e. The van der Waals surface area contributed by atoms with Crippen LogP contribution in [0, 0.1) is 6.92 Å². The topological polar surface area (TPSA) is 80.3 Å². The molecule has 2 heterocycles. The van der Waals surface area contributed by atoms with Gasteiger partial charge in [0.05, 0.1) is 17.2 Å². The highest BCUT2D eigenvalue weighted by atomic mass is 32.1. The molecular weight excluding hydrogens is 442 g/mol. The average Bonchev–Trinajstić information content (AvgIpc) is 3.45. The van der Waals surface area contributed by atoms with Crippen molar-refractivity contribution in [3.8, 4) is 16.3 Å². The summed E-state index contributed by atoms with van der Waals surface area (Å²) in [6.45, 7) is 4.37. The van der Waals surface area contributed by atoms with Crippen LogP contribution in [0.5, 0.6) is 5.75 Å². The summed E-state index contributed by atoms with van der Waals surface area (Å²) >= 11 is 2.71. The van der Waals surface area contributed by atoms with Crippen molar-refractivity contribution in [3.63, 3.8) is 0 Å². The van der Waals surface area contributed by atoms with E-state index in [4.69, 9.17) is 4.74 Å². The third kappa shape index (κ3) is 5.04. The monoisotopic (exact) mass is 463 g/mol. The first kappa shape index (κ1) is 21.7. The summed E-state index contributed by atoms with van der Waals surface area (Å²) < 4.78 is 5.48. The number of amides is 2. The van der Waals surface area contributed by atoms with Gasteiger partial charge >= 0.3 is 0 Å². The molecule has 0 spiro atoms. The Morgan fingerprint density at radius 3 is 2.34 bits per heavy atom. The van der Waals surface area contributed by atoms with Crippen molar-refractivity contribution in [1.29, 1.82) is 0 Å².